The minimum Gasteiger partial charge on any atom is -0.378 e. The molecule has 1 fully saturated rings. The van der Waals surface area contributed by atoms with Crippen LogP contribution in [-0.4, -0.2) is 49.4 Å². The molecule has 2 rings (SSSR count). The molecule has 3 N–H and O–H groups in total. The maximum absolute atomic E-state index is 5.37. The van der Waals surface area contributed by atoms with E-state index in [0.29, 0.717) is 6.04 Å². The summed E-state index contributed by atoms with van der Waals surface area (Å²) in [6, 6.07) is 2.23. The molecule has 6 heteroatoms. The number of rotatable bonds is 4. The number of hydrogen-bond donors (Lipinski definition) is 3. The highest BCUT2D eigenvalue weighted by Crippen LogP contribution is 2.07. The van der Waals surface area contributed by atoms with Gasteiger partial charge in [-0.3, -0.25) is 0 Å². The molecule has 0 saturated carbocycles. The Labute approximate surface area is 94.8 Å². The van der Waals surface area contributed by atoms with E-state index in [9.17, 15) is 0 Å². The molecule has 0 aromatic carbocycles. The van der Waals surface area contributed by atoms with E-state index in [-0.39, 0.29) is 0 Å². The Kier molecular flexibility index (Phi) is 3.90. The van der Waals surface area contributed by atoms with Gasteiger partial charge in [-0.1, -0.05) is 0 Å². The molecule has 0 spiro atoms. The summed E-state index contributed by atoms with van der Waals surface area (Å²) < 4.78 is 5.37. The quantitative estimate of drug-likeness (QED) is 0.663. The van der Waals surface area contributed by atoms with Gasteiger partial charge in [0.1, 0.15) is 18.0 Å². The van der Waals surface area contributed by atoms with Crippen LogP contribution in [0.3, 0.4) is 0 Å². The summed E-state index contributed by atoms with van der Waals surface area (Å²) in [6.07, 6.45) is 1.54. The molecule has 16 heavy (non-hydrogen) atoms. The molecule has 1 aromatic heterocycles. The number of nitrogens with one attached hydrogen (secondary N) is 3. The molecule has 6 nitrogen and oxygen atoms in total. The number of morpholine rings is 1. The molecular formula is C10H17N5O. The van der Waals surface area contributed by atoms with Gasteiger partial charge < -0.3 is 20.7 Å². The van der Waals surface area contributed by atoms with E-state index in [1.54, 1.807) is 6.33 Å². The molecule has 1 aliphatic heterocycles. The fourth-order valence-corrected chi connectivity index (χ4v) is 1.57. The summed E-state index contributed by atoms with van der Waals surface area (Å²) in [5.41, 5.74) is 0. The predicted octanol–water partition coefficient (Wildman–Crippen LogP) is -0.0814. The van der Waals surface area contributed by atoms with Crippen molar-refractivity contribution in [3.05, 3.63) is 12.4 Å². The first-order chi connectivity index (χ1) is 7.88. The lowest BCUT2D eigenvalue weighted by molar-refractivity contribution is 0.0806. The first-order valence-electron chi connectivity index (χ1n) is 5.43. The highest BCUT2D eigenvalue weighted by Gasteiger charge is 2.12. The Morgan fingerprint density at radius 2 is 2.38 bits per heavy atom. The fourth-order valence-electron chi connectivity index (χ4n) is 1.57. The predicted molar refractivity (Wildman–Crippen MR) is 62.7 cm³/mol. The van der Waals surface area contributed by atoms with Gasteiger partial charge in [-0.2, -0.15) is 0 Å². The smallest absolute Gasteiger partial charge is 0.131 e. The van der Waals surface area contributed by atoms with Gasteiger partial charge in [0.15, 0.2) is 0 Å². The van der Waals surface area contributed by atoms with E-state index in [0.717, 1.165) is 37.9 Å². The van der Waals surface area contributed by atoms with Crippen LogP contribution in [0.1, 0.15) is 0 Å². The average Bonchev–Trinajstić information content (AvgIpc) is 2.38. The van der Waals surface area contributed by atoms with Gasteiger partial charge in [0, 0.05) is 32.2 Å². The van der Waals surface area contributed by atoms with Crippen LogP contribution in [0, 0.1) is 0 Å². The molecule has 2 heterocycles. The number of ether oxygens (including phenoxy) is 1. The minimum absolute atomic E-state index is 0.349. The first-order valence-corrected chi connectivity index (χ1v) is 5.43. The van der Waals surface area contributed by atoms with Crippen LogP contribution in [0.4, 0.5) is 11.6 Å². The van der Waals surface area contributed by atoms with E-state index in [1.165, 1.54) is 0 Å². The van der Waals surface area contributed by atoms with Gasteiger partial charge in [-0.25, -0.2) is 9.97 Å². The molecule has 0 bridgehead atoms. The molecule has 1 saturated heterocycles. The second-order valence-electron chi connectivity index (χ2n) is 3.65. The van der Waals surface area contributed by atoms with E-state index in [1.807, 2.05) is 13.1 Å². The number of nitrogens with zero attached hydrogens (tertiary/aromatic N) is 2. The van der Waals surface area contributed by atoms with Crippen molar-refractivity contribution in [1.82, 2.24) is 15.3 Å². The second-order valence-corrected chi connectivity index (χ2v) is 3.65. The van der Waals surface area contributed by atoms with Crippen molar-refractivity contribution in [2.75, 3.05) is 44.0 Å². The fraction of sp³-hybridized carbons (Fsp3) is 0.600. The van der Waals surface area contributed by atoms with Crippen molar-refractivity contribution < 1.29 is 4.74 Å². The summed E-state index contributed by atoms with van der Waals surface area (Å²) in [5, 5.41) is 9.60. The molecule has 1 unspecified atom stereocenters. The molecule has 0 radical (unpaired) electrons. The topological polar surface area (TPSA) is 71.1 Å². The zero-order valence-corrected chi connectivity index (χ0v) is 9.36. The highest BCUT2D eigenvalue weighted by molar-refractivity contribution is 5.45. The lowest BCUT2D eigenvalue weighted by atomic mass is 10.3. The number of hydrogen-bond acceptors (Lipinski definition) is 6. The molecular weight excluding hydrogens is 206 g/mol. The molecule has 1 aromatic rings. The van der Waals surface area contributed by atoms with Crippen LogP contribution in [0.2, 0.25) is 0 Å². The van der Waals surface area contributed by atoms with Crippen molar-refractivity contribution in [3.8, 4) is 0 Å². The van der Waals surface area contributed by atoms with Gasteiger partial charge in [0.25, 0.3) is 0 Å². The van der Waals surface area contributed by atoms with Gasteiger partial charge in [0.2, 0.25) is 0 Å². The Hall–Kier alpha value is -1.40. The maximum Gasteiger partial charge on any atom is 0.131 e. The third kappa shape index (κ3) is 3.04. The Balaban J connectivity index is 1.83. The lowest BCUT2D eigenvalue weighted by Gasteiger charge is -2.24. The van der Waals surface area contributed by atoms with Crippen LogP contribution < -0.4 is 16.0 Å². The normalized spacial score (nSPS) is 20.4. The molecule has 0 amide bonds. The SMILES string of the molecule is CNc1cc(NCC2COCCN2)ncn1. The largest absolute Gasteiger partial charge is 0.378 e. The molecule has 1 aliphatic rings. The Morgan fingerprint density at radius 1 is 1.50 bits per heavy atom. The van der Waals surface area contributed by atoms with E-state index in [4.69, 9.17) is 4.74 Å². The summed E-state index contributed by atoms with van der Waals surface area (Å²) >= 11 is 0. The average molecular weight is 223 g/mol. The molecule has 88 valence electrons. The third-order valence-corrected chi connectivity index (χ3v) is 2.45. The van der Waals surface area contributed by atoms with Crippen molar-refractivity contribution in [1.29, 1.82) is 0 Å². The minimum atomic E-state index is 0.349. The summed E-state index contributed by atoms with van der Waals surface area (Å²) in [4.78, 5) is 8.19. The van der Waals surface area contributed by atoms with Crippen molar-refractivity contribution in [2.45, 2.75) is 6.04 Å². The van der Waals surface area contributed by atoms with Gasteiger partial charge in [-0.05, 0) is 0 Å². The van der Waals surface area contributed by atoms with Crippen molar-refractivity contribution >= 4 is 11.6 Å². The number of anilines is 2. The van der Waals surface area contributed by atoms with Gasteiger partial charge >= 0.3 is 0 Å². The lowest BCUT2D eigenvalue weighted by Crippen LogP contribution is -2.45. The molecule has 1 atom stereocenters. The summed E-state index contributed by atoms with van der Waals surface area (Å²) in [5.74, 6) is 1.64. The first kappa shape index (κ1) is 11.1. The zero-order chi connectivity index (χ0) is 11.2. The summed E-state index contributed by atoms with van der Waals surface area (Å²) in [6.45, 7) is 3.27. The monoisotopic (exact) mass is 223 g/mol. The van der Waals surface area contributed by atoms with Crippen LogP contribution in [0.15, 0.2) is 12.4 Å². The van der Waals surface area contributed by atoms with E-state index < -0.39 is 0 Å². The summed E-state index contributed by atoms with van der Waals surface area (Å²) in [7, 11) is 1.84. The Morgan fingerprint density at radius 3 is 3.12 bits per heavy atom. The maximum atomic E-state index is 5.37. The zero-order valence-electron chi connectivity index (χ0n) is 9.36. The van der Waals surface area contributed by atoms with Gasteiger partial charge in [0.05, 0.1) is 13.2 Å². The van der Waals surface area contributed by atoms with Crippen LogP contribution in [0.5, 0.6) is 0 Å². The van der Waals surface area contributed by atoms with Gasteiger partial charge in [-0.15, -0.1) is 0 Å². The highest BCUT2D eigenvalue weighted by atomic mass is 16.5. The Bertz CT molecular complexity index is 327. The number of aromatic nitrogens is 2. The van der Waals surface area contributed by atoms with E-state index in [2.05, 4.69) is 25.9 Å². The van der Waals surface area contributed by atoms with Crippen molar-refractivity contribution in [2.24, 2.45) is 0 Å². The van der Waals surface area contributed by atoms with E-state index >= 15 is 0 Å². The standard InChI is InChI=1S/C10H17N5O/c1-11-9-4-10(15-7-14-9)13-5-8-6-16-3-2-12-8/h4,7-8,12H,2-3,5-6H2,1H3,(H2,11,13,14,15). The molecule has 0 aliphatic carbocycles. The van der Waals surface area contributed by atoms with Crippen LogP contribution >= 0.6 is 0 Å². The van der Waals surface area contributed by atoms with Crippen molar-refractivity contribution in [3.63, 3.8) is 0 Å². The van der Waals surface area contributed by atoms with Crippen LogP contribution in [0.25, 0.3) is 0 Å². The van der Waals surface area contributed by atoms with Crippen LogP contribution in [-0.2, 0) is 4.74 Å². The third-order valence-electron chi connectivity index (χ3n) is 2.45. The second kappa shape index (κ2) is 5.62.